The van der Waals surface area contributed by atoms with Crippen LogP contribution in [0.1, 0.15) is 26.5 Å². The Balaban J connectivity index is 1.97. The van der Waals surface area contributed by atoms with Crippen LogP contribution in [0.15, 0.2) is 30.5 Å². The van der Waals surface area contributed by atoms with Crippen molar-refractivity contribution >= 4 is 29.7 Å². The van der Waals surface area contributed by atoms with E-state index in [-0.39, 0.29) is 5.75 Å². The third-order valence-corrected chi connectivity index (χ3v) is 5.99. The van der Waals surface area contributed by atoms with E-state index in [1.54, 1.807) is 25.3 Å². The van der Waals surface area contributed by atoms with Crippen molar-refractivity contribution in [2.24, 2.45) is 0 Å². The SMILES string of the molecule is CC(=O)O[C@@H]1[C@@H](OC(C)=O)[C@H](OC(C)=O)CS[C@H]1Oc1cc(-c2ccnc(C)c2)cc(F)c1F. The monoisotopic (exact) mass is 495 g/mol. The molecule has 4 atom stereocenters. The summed E-state index contributed by atoms with van der Waals surface area (Å²) in [6.45, 7) is 5.22. The molecule has 1 aliphatic heterocycles. The highest BCUT2D eigenvalue weighted by atomic mass is 32.2. The molecule has 1 aromatic carbocycles. The summed E-state index contributed by atoms with van der Waals surface area (Å²) in [6, 6.07) is 5.69. The van der Waals surface area contributed by atoms with Gasteiger partial charge in [-0.15, -0.1) is 11.8 Å². The molecule has 2 heterocycles. The molecule has 11 heteroatoms. The summed E-state index contributed by atoms with van der Waals surface area (Å²) in [5.74, 6) is -4.77. The van der Waals surface area contributed by atoms with Gasteiger partial charge < -0.3 is 18.9 Å². The highest BCUT2D eigenvalue weighted by Crippen LogP contribution is 2.37. The second kappa shape index (κ2) is 10.8. The normalized spacial score (nSPS) is 21.9. The molecule has 34 heavy (non-hydrogen) atoms. The number of nitrogens with zero attached hydrogens (tertiary/aromatic N) is 1. The van der Waals surface area contributed by atoms with Crippen molar-refractivity contribution in [2.75, 3.05) is 5.75 Å². The van der Waals surface area contributed by atoms with E-state index in [1.165, 1.54) is 13.0 Å². The molecular weight excluding hydrogens is 472 g/mol. The van der Waals surface area contributed by atoms with Crippen LogP contribution in [0.4, 0.5) is 8.78 Å². The summed E-state index contributed by atoms with van der Waals surface area (Å²) in [5.41, 5.74) is 0.530. The first kappa shape index (κ1) is 25.4. The fraction of sp³-hybridized carbons (Fsp3) is 0.391. The molecule has 0 bridgehead atoms. The number of ether oxygens (including phenoxy) is 4. The molecule has 0 unspecified atom stereocenters. The number of halogens is 2. The first-order chi connectivity index (χ1) is 16.0. The van der Waals surface area contributed by atoms with Crippen LogP contribution < -0.4 is 4.74 Å². The Bertz CT molecular complexity index is 1100. The van der Waals surface area contributed by atoms with E-state index in [0.717, 1.165) is 31.7 Å². The first-order valence-electron chi connectivity index (χ1n) is 10.3. The van der Waals surface area contributed by atoms with Gasteiger partial charge in [0.05, 0.1) is 0 Å². The minimum absolute atomic E-state index is 0.0906. The van der Waals surface area contributed by atoms with Crippen molar-refractivity contribution in [3.05, 3.63) is 47.8 Å². The number of hydrogen-bond donors (Lipinski definition) is 0. The average molecular weight is 496 g/mol. The molecule has 8 nitrogen and oxygen atoms in total. The Morgan fingerprint density at radius 2 is 1.59 bits per heavy atom. The van der Waals surface area contributed by atoms with Crippen molar-refractivity contribution in [3.63, 3.8) is 0 Å². The van der Waals surface area contributed by atoms with Gasteiger partial charge in [-0.2, -0.15) is 4.39 Å². The Morgan fingerprint density at radius 1 is 0.941 bits per heavy atom. The average Bonchev–Trinajstić information content (AvgIpc) is 2.74. The van der Waals surface area contributed by atoms with Gasteiger partial charge in [0.15, 0.2) is 35.3 Å². The number of aromatic nitrogens is 1. The Kier molecular flexibility index (Phi) is 8.08. The molecule has 1 saturated heterocycles. The zero-order chi connectivity index (χ0) is 25.0. The number of aryl methyl sites for hydroxylation is 1. The van der Waals surface area contributed by atoms with Crippen LogP contribution in [-0.4, -0.2) is 52.4 Å². The van der Waals surface area contributed by atoms with E-state index in [9.17, 15) is 23.2 Å². The molecule has 1 aromatic heterocycles. The molecule has 2 aromatic rings. The summed E-state index contributed by atoms with van der Waals surface area (Å²) >= 11 is 1.04. The predicted octanol–water partition coefficient (Wildman–Crippen LogP) is 3.58. The number of benzene rings is 1. The lowest BCUT2D eigenvalue weighted by Gasteiger charge is -2.39. The van der Waals surface area contributed by atoms with Gasteiger partial charge in [0.2, 0.25) is 5.82 Å². The maximum atomic E-state index is 14.7. The van der Waals surface area contributed by atoms with Gasteiger partial charge >= 0.3 is 17.9 Å². The lowest BCUT2D eigenvalue weighted by molar-refractivity contribution is -0.186. The maximum absolute atomic E-state index is 14.7. The van der Waals surface area contributed by atoms with Gasteiger partial charge in [0, 0.05) is 38.4 Å². The molecule has 0 amide bonds. The third kappa shape index (κ3) is 6.22. The molecule has 1 fully saturated rings. The second-order valence-corrected chi connectivity index (χ2v) is 8.70. The first-order valence-corrected chi connectivity index (χ1v) is 11.3. The lowest BCUT2D eigenvalue weighted by Crippen LogP contribution is -2.55. The van der Waals surface area contributed by atoms with Crippen LogP contribution >= 0.6 is 11.8 Å². The minimum atomic E-state index is -1.27. The minimum Gasteiger partial charge on any atom is -0.472 e. The van der Waals surface area contributed by atoms with E-state index in [0.29, 0.717) is 16.8 Å². The molecule has 1 aliphatic rings. The van der Waals surface area contributed by atoms with Crippen molar-refractivity contribution in [2.45, 2.75) is 51.4 Å². The molecule has 0 spiro atoms. The molecule has 3 rings (SSSR count). The van der Waals surface area contributed by atoms with Crippen LogP contribution in [0, 0.1) is 18.6 Å². The number of hydrogen-bond acceptors (Lipinski definition) is 9. The molecule has 0 radical (unpaired) electrons. The van der Waals surface area contributed by atoms with Crippen molar-refractivity contribution in [1.29, 1.82) is 0 Å². The topological polar surface area (TPSA) is 101 Å². The summed E-state index contributed by atoms with van der Waals surface area (Å²) in [5, 5.41) is 0. The Hall–Kier alpha value is -3.21. The molecule has 0 saturated carbocycles. The van der Waals surface area contributed by atoms with Gasteiger partial charge in [-0.25, -0.2) is 4.39 Å². The Morgan fingerprint density at radius 3 is 2.21 bits per heavy atom. The van der Waals surface area contributed by atoms with Crippen LogP contribution in [0.2, 0.25) is 0 Å². The smallest absolute Gasteiger partial charge is 0.303 e. The standard InChI is InChI=1S/C23H23F2NO7S/c1-11-7-15(5-6-26-11)16-8-17(24)20(25)18(9-16)33-23-22(32-14(4)29)21(31-13(3)28)19(10-34-23)30-12(2)27/h5-9,19,21-23H,10H2,1-4H3/t19-,21+,22-,23-/m1/s1. The molecular formula is C23H23F2NO7S. The third-order valence-electron chi connectivity index (χ3n) is 4.77. The number of carbonyl (C=O) groups is 3. The summed E-state index contributed by atoms with van der Waals surface area (Å²) in [7, 11) is 0. The van der Waals surface area contributed by atoms with Crippen LogP contribution in [0.5, 0.6) is 5.75 Å². The van der Waals surface area contributed by atoms with Gasteiger partial charge in [-0.1, -0.05) is 0 Å². The van der Waals surface area contributed by atoms with Crippen LogP contribution in [0.25, 0.3) is 11.1 Å². The lowest BCUT2D eigenvalue weighted by atomic mass is 10.1. The van der Waals surface area contributed by atoms with Crippen molar-refractivity contribution in [3.8, 4) is 16.9 Å². The maximum Gasteiger partial charge on any atom is 0.303 e. The summed E-state index contributed by atoms with van der Waals surface area (Å²) in [6.07, 6.45) is -1.88. The van der Waals surface area contributed by atoms with E-state index in [2.05, 4.69) is 4.98 Å². The number of esters is 3. The molecule has 0 aliphatic carbocycles. The van der Waals surface area contributed by atoms with Crippen molar-refractivity contribution in [1.82, 2.24) is 4.98 Å². The Labute approximate surface area is 198 Å². The largest absolute Gasteiger partial charge is 0.472 e. The number of pyridine rings is 1. The highest BCUT2D eigenvalue weighted by Gasteiger charge is 2.48. The number of carbonyl (C=O) groups excluding carboxylic acids is 3. The fourth-order valence-electron chi connectivity index (χ4n) is 3.48. The quantitative estimate of drug-likeness (QED) is 0.440. The highest BCUT2D eigenvalue weighted by molar-refractivity contribution is 7.99. The fourth-order valence-corrected chi connectivity index (χ4v) is 4.69. The van der Waals surface area contributed by atoms with E-state index in [4.69, 9.17) is 18.9 Å². The van der Waals surface area contributed by atoms with Gasteiger partial charge in [-0.3, -0.25) is 19.4 Å². The summed E-state index contributed by atoms with van der Waals surface area (Å²) < 4.78 is 50.7. The number of rotatable bonds is 6. The zero-order valence-electron chi connectivity index (χ0n) is 18.9. The van der Waals surface area contributed by atoms with E-state index in [1.807, 2.05) is 0 Å². The van der Waals surface area contributed by atoms with E-state index < -0.39 is 59.0 Å². The molecule has 182 valence electrons. The van der Waals surface area contributed by atoms with Crippen LogP contribution in [-0.2, 0) is 28.6 Å². The second-order valence-electron chi connectivity index (χ2n) is 7.57. The number of thioether (sulfide) groups is 1. The van der Waals surface area contributed by atoms with Crippen LogP contribution in [0.3, 0.4) is 0 Å². The van der Waals surface area contributed by atoms with Gasteiger partial charge in [0.1, 0.15) is 0 Å². The summed E-state index contributed by atoms with van der Waals surface area (Å²) in [4.78, 5) is 39.1. The van der Waals surface area contributed by atoms with Crippen molar-refractivity contribution < 1.29 is 42.1 Å². The van der Waals surface area contributed by atoms with Gasteiger partial charge in [-0.05, 0) is 42.3 Å². The van der Waals surface area contributed by atoms with E-state index >= 15 is 0 Å². The molecule has 0 N–H and O–H groups in total. The predicted molar refractivity (Wildman–Crippen MR) is 118 cm³/mol. The zero-order valence-corrected chi connectivity index (χ0v) is 19.7. The van der Waals surface area contributed by atoms with Gasteiger partial charge in [0.25, 0.3) is 0 Å².